The van der Waals surface area contributed by atoms with Crippen molar-refractivity contribution < 1.29 is 4.79 Å². The van der Waals surface area contributed by atoms with Crippen LogP contribution in [0.1, 0.15) is 38.5 Å². The van der Waals surface area contributed by atoms with E-state index in [0.717, 1.165) is 38.0 Å². The van der Waals surface area contributed by atoms with Crippen LogP contribution in [0.4, 0.5) is 0 Å². The molecule has 1 amide bonds. The summed E-state index contributed by atoms with van der Waals surface area (Å²) < 4.78 is 0. The monoisotopic (exact) mass is 282 g/mol. The van der Waals surface area contributed by atoms with E-state index >= 15 is 0 Å². The maximum absolute atomic E-state index is 12.4. The van der Waals surface area contributed by atoms with Gasteiger partial charge in [0.15, 0.2) is 0 Å². The summed E-state index contributed by atoms with van der Waals surface area (Å²) in [6, 6.07) is 0. The Morgan fingerprint density at radius 2 is 1.58 bits per heavy atom. The molecule has 0 radical (unpaired) electrons. The molecule has 0 unspecified atom stereocenters. The van der Waals surface area contributed by atoms with E-state index in [1.165, 1.54) is 38.5 Å². The molecule has 2 saturated carbocycles. The zero-order valence-electron chi connectivity index (χ0n) is 11.8. The molecule has 0 aromatic rings. The standard InChI is InChI=1S/C15H26N2OS/c18-15(11-19-14-5-7-16-8-6-14)17(9-12-1-2-12)10-13-3-4-13/h12-14,16H,1-11H2. The van der Waals surface area contributed by atoms with Crippen LogP contribution in [0.3, 0.4) is 0 Å². The summed E-state index contributed by atoms with van der Waals surface area (Å²) in [6.45, 7) is 4.34. The molecule has 3 nitrogen and oxygen atoms in total. The molecule has 0 aromatic carbocycles. The summed E-state index contributed by atoms with van der Waals surface area (Å²) in [5, 5.41) is 4.09. The predicted molar refractivity (Wildman–Crippen MR) is 80.4 cm³/mol. The second-order valence-electron chi connectivity index (χ2n) is 6.45. The van der Waals surface area contributed by atoms with Crippen LogP contribution < -0.4 is 5.32 Å². The number of carbonyl (C=O) groups is 1. The zero-order chi connectivity index (χ0) is 13.1. The van der Waals surface area contributed by atoms with Gasteiger partial charge >= 0.3 is 0 Å². The van der Waals surface area contributed by atoms with Gasteiger partial charge in [0.05, 0.1) is 5.75 Å². The Morgan fingerprint density at radius 1 is 1.00 bits per heavy atom. The Balaban J connectivity index is 1.42. The molecule has 1 saturated heterocycles. The SMILES string of the molecule is O=C(CSC1CCNCC1)N(CC1CC1)CC1CC1. The van der Waals surface area contributed by atoms with Crippen LogP contribution in [0, 0.1) is 11.8 Å². The summed E-state index contributed by atoms with van der Waals surface area (Å²) in [7, 11) is 0. The van der Waals surface area contributed by atoms with Gasteiger partial charge in [-0.2, -0.15) is 0 Å². The van der Waals surface area contributed by atoms with Gasteiger partial charge in [0, 0.05) is 18.3 Å². The highest BCUT2D eigenvalue weighted by Gasteiger charge is 2.31. The third-order valence-corrected chi connectivity index (χ3v) is 5.79. The molecule has 4 heteroatoms. The van der Waals surface area contributed by atoms with Crippen molar-refractivity contribution in [3.63, 3.8) is 0 Å². The maximum atomic E-state index is 12.4. The summed E-state index contributed by atoms with van der Waals surface area (Å²) in [4.78, 5) is 14.6. The highest BCUT2D eigenvalue weighted by molar-refractivity contribution is 8.00. The number of nitrogens with zero attached hydrogens (tertiary/aromatic N) is 1. The Morgan fingerprint density at radius 3 is 2.11 bits per heavy atom. The van der Waals surface area contributed by atoms with Crippen LogP contribution in [-0.2, 0) is 4.79 Å². The first kappa shape index (κ1) is 13.7. The highest BCUT2D eigenvalue weighted by atomic mass is 32.2. The molecule has 0 bridgehead atoms. The quantitative estimate of drug-likeness (QED) is 0.776. The van der Waals surface area contributed by atoms with Gasteiger partial charge in [-0.3, -0.25) is 4.79 Å². The molecule has 3 rings (SSSR count). The first-order chi connectivity index (χ1) is 9.31. The van der Waals surface area contributed by atoms with E-state index < -0.39 is 0 Å². The number of rotatable bonds is 7. The number of carbonyl (C=O) groups excluding carboxylic acids is 1. The largest absolute Gasteiger partial charge is 0.341 e. The number of amides is 1. The van der Waals surface area contributed by atoms with E-state index in [9.17, 15) is 4.79 Å². The Hall–Kier alpha value is -0.220. The van der Waals surface area contributed by atoms with E-state index in [4.69, 9.17) is 0 Å². The first-order valence-corrected chi connectivity index (χ1v) is 8.96. The predicted octanol–water partition coefficient (Wildman–Crippen LogP) is 2.12. The fraction of sp³-hybridized carbons (Fsp3) is 0.933. The average Bonchev–Trinajstić information content (AvgIpc) is 3.31. The molecular formula is C15H26N2OS. The highest BCUT2D eigenvalue weighted by Crippen LogP contribution is 2.34. The van der Waals surface area contributed by atoms with Gasteiger partial charge in [-0.1, -0.05) is 0 Å². The molecule has 3 aliphatic rings. The summed E-state index contributed by atoms with van der Waals surface area (Å²) in [5.41, 5.74) is 0. The van der Waals surface area contributed by atoms with E-state index in [1.54, 1.807) is 0 Å². The average molecular weight is 282 g/mol. The number of thioether (sulfide) groups is 1. The van der Waals surface area contributed by atoms with E-state index in [1.807, 2.05) is 11.8 Å². The molecule has 0 aromatic heterocycles. The van der Waals surface area contributed by atoms with Crippen LogP contribution in [0.25, 0.3) is 0 Å². The minimum atomic E-state index is 0.405. The molecule has 3 fully saturated rings. The summed E-state index contributed by atoms with van der Waals surface area (Å²) in [6.07, 6.45) is 7.82. The van der Waals surface area contributed by atoms with Gasteiger partial charge in [0.2, 0.25) is 5.91 Å². The number of nitrogens with one attached hydrogen (secondary N) is 1. The number of hydrogen-bond donors (Lipinski definition) is 1. The van der Waals surface area contributed by atoms with Gasteiger partial charge in [-0.05, 0) is 63.5 Å². The lowest BCUT2D eigenvalue weighted by molar-refractivity contribution is -0.128. The van der Waals surface area contributed by atoms with Gasteiger partial charge < -0.3 is 10.2 Å². The lowest BCUT2D eigenvalue weighted by Crippen LogP contribution is -2.37. The molecule has 19 heavy (non-hydrogen) atoms. The topological polar surface area (TPSA) is 32.3 Å². The minimum absolute atomic E-state index is 0.405. The van der Waals surface area contributed by atoms with Crippen molar-refractivity contribution in [2.75, 3.05) is 31.9 Å². The third-order valence-electron chi connectivity index (χ3n) is 4.43. The van der Waals surface area contributed by atoms with E-state index in [0.29, 0.717) is 16.9 Å². The molecule has 0 atom stereocenters. The van der Waals surface area contributed by atoms with Crippen molar-refractivity contribution in [3.8, 4) is 0 Å². The van der Waals surface area contributed by atoms with Crippen LogP contribution >= 0.6 is 11.8 Å². The molecule has 0 spiro atoms. The molecule has 108 valence electrons. The maximum Gasteiger partial charge on any atom is 0.232 e. The van der Waals surface area contributed by atoms with Gasteiger partial charge in [-0.25, -0.2) is 0 Å². The van der Waals surface area contributed by atoms with Crippen LogP contribution in [0.5, 0.6) is 0 Å². The molecular weight excluding hydrogens is 256 g/mol. The summed E-state index contributed by atoms with van der Waals surface area (Å²) >= 11 is 1.90. The zero-order valence-corrected chi connectivity index (χ0v) is 12.6. The van der Waals surface area contributed by atoms with Crippen molar-refractivity contribution in [1.29, 1.82) is 0 Å². The van der Waals surface area contributed by atoms with Crippen molar-refractivity contribution in [1.82, 2.24) is 10.2 Å². The van der Waals surface area contributed by atoms with Crippen molar-refractivity contribution in [2.24, 2.45) is 11.8 Å². The van der Waals surface area contributed by atoms with Gasteiger partial charge in [0.25, 0.3) is 0 Å². The lowest BCUT2D eigenvalue weighted by Gasteiger charge is -2.25. The van der Waals surface area contributed by atoms with E-state index in [-0.39, 0.29) is 0 Å². The van der Waals surface area contributed by atoms with Gasteiger partial charge in [0.1, 0.15) is 0 Å². The normalized spacial score (nSPS) is 24.4. The molecule has 1 aliphatic heterocycles. The second kappa shape index (κ2) is 6.49. The lowest BCUT2D eigenvalue weighted by atomic mass is 10.2. The molecule has 2 aliphatic carbocycles. The Kier molecular flexibility index (Phi) is 4.69. The second-order valence-corrected chi connectivity index (χ2v) is 7.73. The summed E-state index contributed by atoms with van der Waals surface area (Å²) in [5.74, 6) is 2.77. The molecule has 1 heterocycles. The Labute approximate surface area is 120 Å². The third kappa shape index (κ3) is 4.67. The van der Waals surface area contributed by atoms with Crippen molar-refractivity contribution in [3.05, 3.63) is 0 Å². The van der Waals surface area contributed by atoms with Crippen LogP contribution in [-0.4, -0.2) is 48.0 Å². The van der Waals surface area contributed by atoms with Crippen molar-refractivity contribution in [2.45, 2.75) is 43.8 Å². The Bertz CT molecular complexity index is 295. The van der Waals surface area contributed by atoms with Crippen LogP contribution in [0.2, 0.25) is 0 Å². The first-order valence-electron chi connectivity index (χ1n) is 7.91. The minimum Gasteiger partial charge on any atom is -0.341 e. The van der Waals surface area contributed by atoms with Crippen LogP contribution in [0.15, 0.2) is 0 Å². The molecule has 1 N–H and O–H groups in total. The fourth-order valence-electron chi connectivity index (χ4n) is 2.74. The fourth-order valence-corrected chi connectivity index (χ4v) is 3.87. The smallest absolute Gasteiger partial charge is 0.232 e. The van der Waals surface area contributed by atoms with E-state index in [2.05, 4.69) is 10.2 Å². The van der Waals surface area contributed by atoms with Crippen molar-refractivity contribution >= 4 is 17.7 Å². The number of piperidine rings is 1. The van der Waals surface area contributed by atoms with Gasteiger partial charge in [-0.15, -0.1) is 11.8 Å². The number of hydrogen-bond acceptors (Lipinski definition) is 3.